The van der Waals surface area contributed by atoms with Crippen LogP contribution < -0.4 is 0 Å². The highest BCUT2D eigenvalue weighted by molar-refractivity contribution is 7.75. The number of carbonyl (C=O) groups is 1. The molecule has 0 aliphatic heterocycles. The molecule has 0 amide bonds. The summed E-state index contributed by atoms with van der Waals surface area (Å²) in [6.07, 6.45) is 2.64. The fraction of sp³-hybridized carbons (Fsp3) is 0.417. The highest BCUT2D eigenvalue weighted by atomic mass is 32.1. The van der Waals surface area contributed by atoms with Gasteiger partial charge in [0.25, 0.3) is 0 Å². The summed E-state index contributed by atoms with van der Waals surface area (Å²) < 4.78 is 4.19. The van der Waals surface area contributed by atoms with E-state index in [-0.39, 0.29) is 11.3 Å². The van der Waals surface area contributed by atoms with E-state index >= 15 is 0 Å². The highest BCUT2D eigenvalue weighted by Crippen LogP contribution is 2.21. The standard InChI is InChI=1S/C8H8O3S.C4H10/c1-5-3-2-4-6(9)7(5)8(10)11-12;1-3-4-2/h2-4,9,12H,1H3;3-4H2,1-2H3. The van der Waals surface area contributed by atoms with E-state index in [9.17, 15) is 9.90 Å². The molecule has 0 saturated heterocycles. The van der Waals surface area contributed by atoms with Crippen molar-refractivity contribution in [1.29, 1.82) is 0 Å². The topological polar surface area (TPSA) is 46.5 Å². The number of carbonyl (C=O) groups excluding carboxylic acids is 1. The van der Waals surface area contributed by atoms with Gasteiger partial charge in [0.05, 0.1) is 0 Å². The van der Waals surface area contributed by atoms with E-state index in [0.29, 0.717) is 5.56 Å². The fourth-order valence-electron chi connectivity index (χ4n) is 0.963. The number of unbranched alkanes of at least 4 members (excludes halogenated alkanes) is 1. The van der Waals surface area contributed by atoms with Crippen molar-refractivity contribution in [1.82, 2.24) is 0 Å². The van der Waals surface area contributed by atoms with Crippen LogP contribution in [-0.2, 0) is 4.18 Å². The van der Waals surface area contributed by atoms with E-state index in [1.165, 1.54) is 18.9 Å². The predicted octanol–water partition coefficient (Wildman–Crippen LogP) is 3.51. The van der Waals surface area contributed by atoms with Crippen LogP contribution in [0.4, 0.5) is 0 Å². The van der Waals surface area contributed by atoms with Crippen LogP contribution in [0.3, 0.4) is 0 Å². The second-order valence-corrected chi connectivity index (χ2v) is 3.53. The van der Waals surface area contributed by atoms with E-state index in [4.69, 9.17) is 0 Å². The average molecular weight is 242 g/mol. The minimum absolute atomic E-state index is 0.0888. The van der Waals surface area contributed by atoms with Gasteiger partial charge < -0.3 is 9.29 Å². The molecule has 0 heterocycles. The van der Waals surface area contributed by atoms with Crippen LogP contribution in [0.2, 0.25) is 0 Å². The zero-order chi connectivity index (χ0) is 12.6. The largest absolute Gasteiger partial charge is 0.507 e. The van der Waals surface area contributed by atoms with Crippen molar-refractivity contribution in [2.45, 2.75) is 33.6 Å². The van der Waals surface area contributed by atoms with Crippen LogP contribution in [0.1, 0.15) is 42.6 Å². The van der Waals surface area contributed by atoms with Gasteiger partial charge in [0.15, 0.2) is 0 Å². The predicted molar refractivity (Wildman–Crippen MR) is 67.8 cm³/mol. The molecule has 0 aliphatic rings. The molecule has 0 aromatic heterocycles. The molecule has 0 saturated carbocycles. The summed E-state index contributed by atoms with van der Waals surface area (Å²) in [5.74, 6) is -0.733. The number of hydrogen-bond acceptors (Lipinski definition) is 4. The van der Waals surface area contributed by atoms with Gasteiger partial charge in [0, 0.05) is 12.9 Å². The van der Waals surface area contributed by atoms with E-state index in [1.807, 2.05) is 0 Å². The molecular weight excluding hydrogens is 224 g/mol. The molecule has 0 spiro atoms. The molecule has 1 rings (SSSR count). The second-order valence-electron chi connectivity index (χ2n) is 3.35. The molecule has 1 N–H and O–H groups in total. The smallest absolute Gasteiger partial charge is 0.353 e. The lowest BCUT2D eigenvalue weighted by Crippen LogP contribution is -2.01. The number of benzene rings is 1. The number of thiol groups is 1. The summed E-state index contributed by atoms with van der Waals surface area (Å²) in [6.45, 7) is 6.07. The van der Waals surface area contributed by atoms with Gasteiger partial charge in [0.1, 0.15) is 11.3 Å². The Morgan fingerprint density at radius 3 is 2.31 bits per heavy atom. The summed E-state index contributed by atoms with van der Waals surface area (Å²) in [4.78, 5) is 11.0. The molecule has 16 heavy (non-hydrogen) atoms. The van der Waals surface area contributed by atoms with Gasteiger partial charge in [0.2, 0.25) is 0 Å². The lowest BCUT2D eigenvalue weighted by atomic mass is 10.1. The molecule has 4 heteroatoms. The summed E-state index contributed by atoms with van der Waals surface area (Å²) in [6, 6.07) is 4.78. The molecule has 0 fully saturated rings. The van der Waals surface area contributed by atoms with Crippen LogP contribution in [0.15, 0.2) is 18.2 Å². The van der Waals surface area contributed by atoms with Gasteiger partial charge >= 0.3 is 5.97 Å². The molecular formula is C12H18O3S. The molecule has 1 aromatic rings. The normalized spacial score (nSPS) is 9.00. The van der Waals surface area contributed by atoms with E-state index in [1.54, 1.807) is 19.1 Å². The first-order chi connectivity index (χ1) is 7.58. The third-order valence-corrected chi connectivity index (χ3v) is 2.20. The summed E-state index contributed by atoms with van der Waals surface area (Å²) >= 11 is 3.36. The first-order valence-electron chi connectivity index (χ1n) is 5.22. The summed E-state index contributed by atoms with van der Waals surface area (Å²) in [7, 11) is 0. The van der Waals surface area contributed by atoms with Crippen LogP contribution in [0.5, 0.6) is 5.75 Å². The minimum Gasteiger partial charge on any atom is -0.507 e. The Bertz CT molecular complexity index is 315. The third kappa shape index (κ3) is 4.57. The van der Waals surface area contributed by atoms with Crippen LogP contribution >= 0.6 is 12.9 Å². The molecule has 1 aromatic carbocycles. The molecule has 3 nitrogen and oxygen atoms in total. The maximum atomic E-state index is 11.0. The Kier molecular flexibility index (Phi) is 7.46. The number of aryl methyl sites for hydroxylation is 1. The Morgan fingerprint density at radius 2 is 1.94 bits per heavy atom. The summed E-state index contributed by atoms with van der Waals surface area (Å²) in [5, 5.41) is 9.26. The van der Waals surface area contributed by atoms with Gasteiger partial charge in [-0.05, 0) is 18.6 Å². The maximum Gasteiger partial charge on any atom is 0.353 e. The third-order valence-electron chi connectivity index (χ3n) is 2.04. The van der Waals surface area contributed by atoms with Gasteiger partial charge in [-0.1, -0.05) is 38.8 Å². The number of rotatable bonds is 2. The minimum atomic E-state index is -0.645. The zero-order valence-corrected chi connectivity index (χ0v) is 10.8. The highest BCUT2D eigenvalue weighted by Gasteiger charge is 2.13. The number of aromatic hydroxyl groups is 1. The Morgan fingerprint density at radius 1 is 1.38 bits per heavy atom. The Hall–Kier alpha value is -1.16. The zero-order valence-electron chi connectivity index (χ0n) is 9.86. The molecule has 0 aliphatic carbocycles. The number of phenolic OH excluding ortho intramolecular Hbond substituents is 1. The van der Waals surface area contributed by atoms with Crippen molar-refractivity contribution in [3.8, 4) is 5.75 Å². The van der Waals surface area contributed by atoms with Crippen molar-refractivity contribution in [2.75, 3.05) is 0 Å². The lowest BCUT2D eigenvalue weighted by molar-refractivity contribution is 0.0768. The molecule has 0 unspecified atom stereocenters. The van der Waals surface area contributed by atoms with Crippen molar-refractivity contribution >= 4 is 18.9 Å². The number of phenols is 1. The van der Waals surface area contributed by atoms with Gasteiger partial charge in [-0.2, -0.15) is 0 Å². The fourth-order valence-corrected chi connectivity index (χ4v) is 1.05. The van der Waals surface area contributed by atoms with Gasteiger partial charge in [-0.3, -0.25) is 0 Å². The molecule has 0 atom stereocenters. The SMILES string of the molecule is CCCC.Cc1cccc(O)c1C(=O)OS. The first-order valence-corrected chi connectivity index (χ1v) is 5.59. The molecule has 90 valence electrons. The number of hydrogen-bond donors (Lipinski definition) is 2. The average Bonchev–Trinajstić information content (AvgIpc) is 2.29. The van der Waals surface area contributed by atoms with Gasteiger partial charge in [-0.25, -0.2) is 4.79 Å². The van der Waals surface area contributed by atoms with Crippen molar-refractivity contribution in [3.05, 3.63) is 29.3 Å². The van der Waals surface area contributed by atoms with Crippen LogP contribution in [0, 0.1) is 6.92 Å². The van der Waals surface area contributed by atoms with Crippen molar-refractivity contribution in [2.24, 2.45) is 0 Å². The lowest BCUT2D eigenvalue weighted by Gasteiger charge is -2.03. The van der Waals surface area contributed by atoms with E-state index in [2.05, 4.69) is 30.9 Å². The quantitative estimate of drug-likeness (QED) is 0.616. The Balaban J connectivity index is 0.000000487. The Labute approximate surface area is 102 Å². The van der Waals surface area contributed by atoms with Crippen LogP contribution in [0.25, 0.3) is 0 Å². The first kappa shape index (κ1) is 14.8. The monoisotopic (exact) mass is 242 g/mol. The maximum absolute atomic E-state index is 11.0. The van der Waals surface area contributed by atoms with E-state index < -0.39 is 5.97 Å². The summed E-state index contributed by atoms with van der Waals surface area (Å²) in [5.41, 5.74) is 0.821. The van der Waals surface area contributed by atoms with Gasteiger partial charge in [-0.15, -0.1) is 0 Å². The van der Waals surface area contributed by atoms with Crippen molar-refractivity contribution < 1.29 is 14.1 Å². The second kappa shape index (κ2) is 8.05. The van der Waals surface area contributed by atoms with Crippen molar-refractivity contribution in [3.63, 3.8) is 0 Å². The van der Waals surface area contributed by atoms with Crippen LogP contribution in [-0.4, -0.2) is 11.1 Å². The molecule has 0 radical (unpaired) electrons. The molecule has 0 bridgehead atoms. The van der Waals surface area contributed by atoms with E-state index in [0.717, 1.165) is 0 Å².